The summed E-state index contributed by atoms with van der Waals surface area (Å²) >= 11 is 0. The number of carbonyl (C=O) groups is 2. The van der Waals surface area contributed by atoms with E-state index in [9.17, 15) is 9.59 Å². The number of hydrazone groups is 1. The second kappa shape index (κ2) is 10.8. The highest BCUT2D eigenvalue weighted by molar-refractivity contribution is 6.03. The Morgan fingerprint density at radius 2 is 1.77 bits per heavy atom. The van der Waals surface area contributed by atoms with Crippen molar-refractivity contribution in [2.75, 3.05) is 20.3 Å². The molecular weight excluding hydrogens is 396 g/mol. The first-order valence-electron chi connectivity index (χ1n) is 9.90. The monoisotopic (exact) mass is 420 g/mol. The average Bonchev–Trinajstić information content (AvgIpc) is 2.81. The summed E-state index contributed by atoms with van der Waals surface area (Å²) in [5.41, 5.74) is 3.62. The van der Waals surface area contributed by atoms with Gasteiger partial charge in [-0.05, 0) is 47.5 Å². The van der Waals surface area contributed by atoms with Crippen molar-refractivity contribution in [1.82, 2.24) is 5.43 Å². The second-order valence-electron chi connectivity index (χ2n) is 6.64. The van der Waals surface area contributed by atoms with Gasteiger partial charge in [-0.15, -0.1) is 0 Å². The quantitative estimate of drug-likeness (QED) is 0.322. The normalized spacial score (nSPS) is 10.8. The molecule has 0 atom stereocenters. The van der Waals surface area contributed by atoms with Gasteiger partial charge in [0, 0.05) is 11.1 Å². The first-order chi connectivity index (χ1) is 15.1. The van der Waals surface area contributed by atoms with Crippen molar-refractivity contribution in [2.45, 2.75) is 13.3 Å². The molecule has 0 fully saturated rings. The first kappa shape index (κ1) is 21.8. The van der Waals surface area contributed by atoms with Gasteiger partial charge in [-0.25, -0.2) is 10.2 Å². The number of carbonyl (C=O) groups excluding carboxylic acids is 2. The molecule has 3 aromatic carbocycles. The topological polar surface area (TPSA) is 86.2 Å². The van der Waals surface area contributed by atoms with E-state index in [4.69, 9.17) is 9.47 Å². The van der Waals surface area contributed by atoms with Gasteiger partial charge in [0.1, 0.15) is 11.5 Å². The SMILES string of the molecule is CCCOc1ccc(C(=O)N/N=C\c2c(OCC(=O)OC)ccc3ccccc23)cc1. The van der Waals surface area contributed by atoms with E-state index >= 15 is 0 Å². The Morgan fingerprint density at radius 1 is 1.00 bits per heavy atom. The maximum atomic E-state index is 12.4. The van der Waals surface area contributed by atoms with Gasteiger partial charge in [-0.1, -0.05) is 37.3 Å². The van der Waals surface area contributed by atoms with E-state index in [-0.39, 0.29) is 12.5 Å². The Hall–Kier alpha value is -3.87. The number of rotatable bonds is 9. The lowest BCUT2D eigenvalue weighted by molar-refractivity contribution is -0.142. The third kappa shape index (κ3) is 5.82. The number of hydrogen-bond donors (Lipinski definition) is 1. The minimum absolute atomic E-state index is 0.228. The van der Waals surface area contributed by atoms with E-state index in [0.717, 1.165) is 17.2 Å². The summed E-state index contributed by atoms with van der Waals surface area (Å²) in [5.74, 6) is 0.329. The zero-order valence-electron chi connectivity index (χ0n) is 17.5. The second-order valence-corrected chi connectivity index (χ2v) is 6.64. The van der Waals surface area contributed by atoms with Gasteiger partial charge in [-0.2, -0.15) is 5.10 Å². The van der Waals surface area contributed by atoms with Gasteiger partial charge in [0.2, 0.25) is 0 Å². The Kier molecular flexibility index (Phi) is 7.59. The van der Waals surface area contributed by atoms with E-state index in [0.29, 0.717) is 29.2 Å². The van der Waals surface area contributed by atoms with Crippen LogP contribution in [0.4, 0.5) is 0 Å². The minimum atomic E-state index is -0.490. The third-order valence-corrected chi connectivity index (χ3v) is 4.45. The maximum absolute atomic E-state index is 12.4. The number of amides is 1. The van der Waals surface area contributed by atoms with Crippen LogP contribution in [0.15, 0.2) is 65.8 Å². The molecule has 1 amide bonds. The van der Waals surface area contributed by atoms with Crippen LogP contribution in [0.2, 0.25) is 0 Å². The summed E-state index contributed by atoms with van der Waals surface area (Å²) in [4.78, 5) is 23.9. The number of esters is 1. The van der Waals surface area contributed by atoms with Crippen molar-refractivity contribution in [3.63, 3.8) is 0 Å². The Bertz CT molecular complexity index is 1080. The number of nitrogens with zero attached hydrogens (tertiary/aromatic N) is 1. The van der Waals surface area contributed by atoms with Crippen molar-refractivity contribution >= 4 is 28.9 Å². The molecule has 0 aliphatic rings. The fourth-order valence-corrected chi connectivity index (χ4v) is 2.87. The van der Waals surface area contributed by atoms with Gasteiger partial charge >= 0.3 is 5.97 Å². The summed E-state index contributed by atoms with van der Waals surface area (Å²) in [6.07, 6.45) is 2.42. The fourth-order valence-electron chi connectivity index (χ4n) is 2.87. The molecule has 0 aromatic heterocycles. The number of methoxy groups -OCH3 is 1. The zero-order chi connectivity index (χ0) is 22.1. The molecular formula is C24H24N2O5. The van der Waals surface area contributed by atoms with Crippen LogP contribution in [-0.2, 0) is 9.53 Å². The highest BCUT2D eigenvalue weighted by Gasteiger charge is 2.10. The van der Waals surface area contributed by atoms with E-state index in [1.54, 1.807) is 30.3 Å². The summed E-state index contributed by atoms with van der Waals surface area (Å²) in [5, 5.41) is 5.95. The molecule has 0 aliphatic carbocycles. The predicted octanol–water partition coefficient (Wildman–Crippen LogP) is 3.94. The van der Waals surface area contributed by atoms with E-state index in [2.05, 4.69) is 15.3 Å². The van der Waals surface area contributed by atoms with Crippen molar-refractivity contribution in [3.05, 3.63) is 71.8 Å². The highest BCUT2D eigenvalue weighted by atomic mass is 16.6. The Morgan fingerprint density at radius 3 is 2.52 bits per heavy atom. The lowest BCUT2D eigenvalue weighted by atomic mass is 10.0. The molecule has 3 aromatic rings. The molecule has 3 rings (SSSR count). The summed E-state index contributed by atoms with van der Waals surface area (Å²) in [7, 11) is 1.30. The van der Waals surface area contributed by atoms with Crippen molar-refractivity contribution in [2.24, 2.45) is 5.10 Å². The number of nitrogens with one attached hydrogen (secondary N) is 1. The van der Waals surface area contributed by atoms with Gasteiger partial charge in [0.15, 0.2) is 6.61 Å². The van der Waals surface area contributed by atoms with Gasteiger partial charge in [-0.3, -0.25) is 4.79 Å². The molecule has 0 heterocycles. The molecule has 0 radical (unpaired) electrons. The van der Waals surface area contributed by atoms with E-state index < -0.39 is 5.97 Å². The van der Waals surface area contributed by atoms with Crippen LogP contribution in [0.1, 0.15) is 29.3 Å². The van der Waals surface area contributed by atoms with Crippen molar-refractivity contribution < 1.29 is 23.8 Å². The average molecular weight is 420 g/mol. The summed E-state index contributed by atoms with van der Waals surface area (Å²) in [6.45, 7) is 2.43. The van der Waals surface area contributed by atoms with Crippen LogP contribution >= 0.6 is 0 Å². The van der Waals surface area contributed by atoms with Gasteiger partial charge < -0.3 is 14.2 Å². The lowest BCUT2D eigenvalue weighted by Crippen LogP contribution is -2.18. The Labute approximate surface area is 180 Å². The first-order valence-corrected chi connectivity index (χ1v) is 9.90. The highest BCUT2D eigenvalue weighted by Crippen LogP contribution is 2.26. The number of fused-ring (bicyclic) bond motifs is 1. The summed E-state index contributed by atoms with van der Waals surface area (Å²) in [6, 6.07) is 18.2. The molecule has 160 valence electrons. The third-order valence-electron chi connectivity index (χ3n) is 4.45. The standard InChI is InChI=1S/C24H24N2O5/c1-3-14-30-19-11-8-18(9-12-19)24(28)26-25-15-21-20-7-5-4-6-17(20)10-13-22(21)31-16-23(27)29-2/h4-13,15H,3,14,16H2,1-2H3,(H,26,28)/b25-15-. The molecule has 0 aliphatic heterocycles. The largest absolute Gasteiger partial charge is 0.494 e. The van der Waals surface area contributed by atoms with E-state index in [1.165, 1.54) is 13.3 Å². The molecule has 31 heavy (non-hydrogen) atoms. The molecule has 1 N–H and O–H groups in total. The minimum Gasteiger partial charge on any atom is -0.494 e. The smallest absolute Gasteiger partial charge is 0.343 e. The van der Waals surface area contributed by atoms with Crippen molar-refractivity contribution in [1.29, 1.82) is 0 Å². The van der Waals surface area contributed by atoms with Crippen molar-refractivity contribution in [3.8, 4) is 11.5 Å². The van der Waals surface area contributed by atoms with Crippen LogP contribution in [0.5, 0.6) is 11.5 Å². The van der Waals surface area contributed by atoms with E-state index in [1.807, 2.05) is 37.3 Å². The van der Waals surface area contributed by atoms with Crippen LogP contribution in [0, 0.1) is 0 Å². The zero-order valence-corrected chi connectivity index (χ0v) is 17.5. The summed E-state index contributed by atoms with van der Waals surface area (Å²) < 4.78 is 15.7. The lowest BCUT2D eigenvalue weighted by Gasteiger charge is -2.11. The van der Waals surface area contributed by atoms with Gasteiger partial charge in [0.25, 0.3) is 5.91 Å². The molecule has 0 bridgehead atoms. The number of ether oxygens (including phenoxy) is 3. The fraction of sp³-hybridized carbons (Fsp3) is 0.208. The van der Waals surface area contributed by atoms with Gasteiger partial charge in [0.05, 0.1) is 19.9 Å². The number of hydrogen-bond acceptors (Lipinski definition) is 6. The Balaban J connectivity index is 1.76. The number of benzene rings is 3. The predicted molar refractivity (Wildman–Crippen MR) is 119 cm³/mol. The maximum Gasteiger partial charge on any atom is 0.343 e. The molecule has 0 spiro atoms. The molecule has 0 unspecified atom stereocenters. The molecule has 0 saturated heterocycles. The van der Waals surface area contributed by atoms with Crippen LogP contribution in [-0.4, -0.2) is 38.4 Å². The van der Waals surface area contributed by atoms with Crippen LogP contribution in [0.25, 0.3) is 10.8 Å². The molecule has 7 nitrogen and oxygen atoms in total. The van der Waals surface area contributed by atoms with Crippen LogP contribution in [0.3, 0.4) is 0 Å². The molecule has 7 heteroatoms. The van der Waals surface area contributed by atoms with Crippen LogP contribution < -0.4 is 14.9 Å². The molecule has 0 saturated carbocycles.